The number of hydrogen-bond acceptors (Lipinski definition) is 10. The average molecular weight is 659 g/mol. The van der Waals surface area contributed by atoms with Crippen LogP contribution in [0.4, 0.5) is 19.4 Å². The summed E-state index contributed by atoms with van der Waals surface area (Å²) >= 11 is 0. The van der Waals surface area contributed by atoms with E-state index in [1.165, 1.54) is 19.9 Å². The van der Waals surface area contributed by atoms with Crippen LogP contribution in [-0.4, -0.2) is 69.9 Å². The lowest BCUT2D eigenvalue weighted by Gasteiger charge is -2.26. The lowest BCUT2D eigenvalue weighted by Crippen LogP contribution is -2.48. The number of nitrogens with one attached hydrogen (secondary N) is 2. The number of alkyl carbamates (subject to hydrolysis) is 1. The minimum absolute atomic E-state index is 0.116. The first-order chi connectivity index (χ1) is 21.3. The summed E-state index contributed by atoms with van der Waals surface area (Å²) in [5.74, 6) is -7.90. The molecule has 1 aromatic rings. The number of carbonyl (C=O) groups excluding carboxylic acids is 4. The van der Waals surface area contributed by atoms with Crippen LogP contribution in [0.15, 0.2) is 17.1 Å². The van der Waals surface area contributed by atoms with Gasteiger partial charge in [0.2, 0.25) is 12.1 Å². The number of amides is 2. The molecule has 2 heterocycles. The first-order valence-electron chi connectivity index (χ1n) is 15.6. The maximum absolute atomic E-state index is 15.9. The zero-order valence-electron chi connectivity index (χ0n) is 28.1. The summed E-state index contributed by atoms with van der Waals surface area (Å²) in [5.41, 5.74) is -2.00. The van der Waals surface area contributed by atoms with Crippen molar-refractivity contribution >= 4 is 29.8 Å². The van der Waals surface area contributed by atoms with Crippen LogP contribution in [0.3, 0.4) is 0 Å². The highest BCUT2D eigenvalue weighted by Crippen LogP contribution is 2.44. The fourth-order valence-electron chi connectivity index (χ4n) is 4.69. The van der Waals surface area contributed by atoms with Crippen LogP contribution < -0.4 is 16.3 Å². The molecule has 2 amide bonds. The van der Waals surface area contributed by atoms with E-state index in [4.69, 9.17) is 18.9 Å². The summed E-state index contributed by atoms with van der Waals surface area (Å²) in [7, 11) is 0. The van der Waals surface area contributed by atoms with Gasteiger partial charge in [0.15, 0.2) is 6.10 Å². The molecule has 0 spiro atoms. The van der Waals surface area contributed by atoms with Crippen LogP contribution in [0.2, 0.25) is 0 Å². The second-order valence-electron chi connectivity index (χ2n) is 13.0. The Bertz CT molecular complexity index is 1270. The Morgan fingerprint density at radius 1 is 1.07 bits per heavy atom. The highest BCUT2D eigenvalue weighted by Gasteiger charge is 2.63. The summed E-state index contributed by atoms with van der Waals surface area (Å²) in [6.07, 6.45) is -3.30. The molecule has 0 aromatic carbocycles. The molecular weight excluding hydrogens is 610 g/mol. The van der Waals surface area contributed by atoms with E-state index in [2.05, 4.69) is 15.6 Å². The standard InChI is InChI=1S/C31H48F2N4O9/c1-10-12-19(13-11-2)24(38)34-21-14-15-37(28(41)35-21)27-31(32,33)23(45-25(39)18(5)6)20(44-27)16-43-26(40)22(17(3)4)36-29(42)46-30(7,8)9/h14-15,17-20,22-23,27H,10-13,16H2,1-9H3,(H,36,42)(H,34,35,38,41)/t20-,22-,23-,27-/m1/s1. The third kappa shape index (κ3) is 10.5. The van der Waals surface area contributed by atoms with Gasteiger partial charge in [0.05, 0.1) is 5.92 Å². The van der Waals surface area contributed by atoms with Crippen molar-refractivity contribution in [3.05, 3.63) is 22.7 Å². The minimum Gasteiger partial charge on any atom is -0.461 e. The molecule has 0 aliphatic carbocycles. The van der Waals surface area contributed by atoms with E-state index >= 15 is 8.78 Å². The molecule has 0 radical (unpaired) electrons. The number of esters is 2. The number of halogens is 2. The van der Waals surface area contributed by atoms with Crippen LogP contribution in [-0.2, 0) is 33.3 Å². The molecular formula is C31H48F2N4O9. The number of rotatable bonds is 14. The van der Waals surface area contributed by atoms with E-state index < -0.39 is 78.2 Å². The zero-order valence-corrected chi connectivity index (χ0v) is 28.1. The number of nitrogens with zero attached hydrogens (tertiary/aromatic N) is 2. The molecule has 0 bridgehead atoms. The van der Waals surface area contributed by atoms with Gasteiger partial charge in [0.25, 0.3) is 0 Å². The Morgan fingerprint density at radius 3 is 2.17 bits per heavy atom. The van der Waals surface area contributed by atoms with Gasteiger partial charge in [-0.1, -0.05) is 54.4 Å². The molecule has 1 fully saturated rings. The van der Waals surface area contributed by atoms with Crippen molar-refractivity contribution in [2.45, 2.75) is 124 Å². The third-order valence-electron chi connectivity index (χ3n) is 7.03. The average Bonchev–Trinajstić information content (AvgIpc) is 3.17. The monoisotopic (exact) mass is 658 g/mol. The van der Waals surface area contributed by atoms with Gasteiger partial charge < -0.3 is 29.6 Å². The molecule has 15 heteroatoms. The van der Waals surface area contributed by atoms with Crippen molar-refractivity contribution in [2.75, 3.05) is 11.9 Å². The predicted octanol–water partition coefficient (Wildman–Crippen LogP) is 4.59. The zero-order chi connectivity index (χ0) is 35.0. The van der Waals surface area contributed by atoms with Crippen molar-refractivity contribution in [3.63, 3.8) is 0 Å². The van der Waals surface area contributed by atoms with E-state index in [1.807, 2.05) is 13.8 Å². The summed E-state index contributed by atoms with van der Waals surface area (Å²) in [6.45, 7) is 14.2. The van der Waals surface area contributed by atoms with Gasteiger partial charge in [-0.05, 0) is 45.6 Å². The van der Waals surface area contributed by atoms with E-state index in [9.17, 15) is 24.0 Å². The van der Waals surface area contributed by atoms with E-state index in [0.717, 1.165) is 19.0 Å². The van der Waals surface area contributed by atoms with Crippen molar-refractivity contribution in [3.8, 4) is 0 Å². The van der Waals surface area contributed by atoms with Crippen LogP contribution in [0.5, 0.6) is 0 Å². The Kier molecular flexibility index (Phi) is 13.6. The topological polar surface area (TPSA) is 164 Å². The van der Waals surface area contributed by atoms with Crippen LogP contribution in [0.1, 0.15) is 94.2 Å². The van der Waals surface area contributed by atoms with Gasteiger partial charge in [-0.15, -0.1) is 0 Å². The first-order valence-corrected chi connectivity index (χ1v) is 15.6. The Hall–Kier alpha value is -3.62. The van der Waals surface area contributed by atoms with Crippen molar-refractivity contribution < 1.29 is 46.9 Å². The molecule has 13 nitrogen and oxygen atoms in total. The van der Waals surface area contributed by atoms with Crippen molar-refractivity contribution in [2.24, 2.45) is 17.8 Å². The number of carbonyl (C=O) groups is 4. The molecule has 1 aromatic heterocycles. The number of anilines is 1. The summed E-state index contributed by atoms with van der Waals surface area (Å²) < 4.78 is 53.3. The molecule has 2 N–H and O–H groups in total. The lowest BCUT2D eigenvalue weighted by molar-refractivity contribution is -0.180. The van der Waals surface area contributed by atoms with Gasteiger partial charge in [0.1, 0.15) is 30.2 Å². The second-order valence-corrected chi connectivity index (χ2v) is 13.0. The number of alkyl halides is 2. The maximum Gasteiger partial charge on any atom is 0.408 e. The van der Waals surface area contributed by atoms with E-state index in [0.29, 0.717) is 17.4 Å². The van der Waals surface area contributed by atoms with Crippen molar-refractivity contribution in [1.29, 1.82) is 0 Å². The molecule has 1 saturated heterocycles. The minimum atomic E-state index is -3.97. The molecule has 46 heavy (non-hydrogen) atoms. The summed E-state index contributed by atoms with van der Waals surface area (Å²) in [6, 6.07) is -0.0146. The molecule has 1 aliphatic heterocycles. The van der Waals surface area contributed by atoms with E-state index in [1.54, 1.807) is 34.6 Å². The quantitative estimate of drug-likeness (QED) is 0.213. The van der Waals surface area contributed by atoms with Crippen LogP contribution >= 0.6 is 0 Å². The van der Waals surface area contributed by atoms with Gasteiger partial charge in [0, 0.05) is 12.1 Å². The predicted molar refractivity (Wildman–Crippen MR) is 163 cm³/mol. The van der Waals surface area contributed by atoms with Gasteiger partial charge in [-0.2, -0.15) is 13.8 Å². The highest BCUT2D eigenvalue weighted by molar-refractivity contribution is 5.91. The van der Waals surface area contributed by atoms with Gasteiger partial charge in [-0.3, -0.25) is 14.2 Å². The Labute approximate surface area is 268 Å². The Morgan fingerprint density at radius 2 is 1.67 bits per heavy atom. The molecule has 2 rings (SSSR count). The second kappa shape index (κ2) is 16.3. The SMILES string of the molecule is CCCC(CCC)C(=O)Nc1ccn([C@@H]2O[C@H](COC(=O)[C@H](NC(=O)OC(C)(C)C)C(C)C)[C@@H](OC(=O)C(C)C)C2(F)F)c(=O)n1. The lowest BCUT2D eigenvalue weighted by atomic mass is 9.97. The fourth-order valence-corrected chi connectivity index (χ4v) is 4.69. The number of aromatic nitrogens is 2. The van der Waals surface area contributed by atoms with Gasteiger partial charge >= 0.3 is 29.6 Å². The van der Waals surface area contributed by atoms with Gasteiger partial charge in [-0.25, -0.2) is 14.4 Å². The molecule has 260 valence electrons. The van der Waals surface area contributed by atoms with Crippen molar-refractivity contribution in [1.82, 2.24) is 14.9 Å². The smallest absolute Gasteiger partial charge is 0.408 e. The molecule has 0 unspecified atom stereocenters. The normalized spacial score (nSPS) is 20.0. The fraction of sp³-hybridized carbons (Fsp3) is 0.742. The maximum atomic E-state index is 15.9. The Balaban J connectivity index is 2.31. The van der Waals surface area contributed by atoms with Crippen LogP contribution in [0, 0.1) is 17.8 Å². The summed E-state index contributed by atoms with van der Waals surface area (Å²) in [4.78, 5) is 67.0. The number of ether oxygens (including phenoxy) is 4. The first kappa shape index (κ1) is 38.6. The highest BCUT2D eigenvalue weighted by atomic mass is 19.3. The third-order valence-corrected chi connectivity index (χ3v) is 7.03. The molecule has 1 aliphatic rings. The largest absolute Gasteiger partial charge is 0.461 e. The molecule has 4 atom stereocenters. The molecule has 0 saturated carbocycles. The summed E-state index contributed by atoms with van der Waals surface area (Å²) in [5, 5.41) is 4.98. The number of hydrogen-bond donors (Lipinski definition) is 2. The van der Waals surface area contributed by atoms with Crippen LogP contribution in [0.25, 0.3) is 0 Å². The van der Waals surface area contributed by atoms with E-state index in [-0.39, 0.29) is 17.6 Å².